The lowest BCUT2D eigenvalue weighted by molar-refractivity contribution is 0.0916. The number of nitriles is 1. The normalized spacial score (nSPS) is 14.6. The van der Waals surface area contributed by atoms with E-state index < -0.39 is 12.2 Å². The van der Waals surface area contributed by atoms with Crippen molar-refractivity contribution in [2.75, 3.05) is 18.0 Å². The number of benzene rings is 3. The Morgan fingerprint density at radius 3 is 2.58 bits per heavy atom. The maximum atomic E-state index is 12.8. The number of rotatable bonds is 7. The second-order valence-electron chi connectivity index (χ2n) is 10.5. The highest BCUT2D eigenvalue weighted by Crippen LogP contribution is 2.32. The third-order valence-electron chi connectivity index (χ3n) is 7.27. The van der Waals surface area contributed by atoms with Crippen LogP contribution in [-0.2, 0) is 4.74 Å². The molecule has 0 unspecified atom stereocenters. The van der Waals surface area contributed by atoms with Gasteiger partial charge in [0.15, 0.2) is 5.58 Å². The zero-order valence-corrected chi connectivity index (χ0v) is 23.4. The summed E-state index contributed by atoms with van der Waals surface area (Å²) in [5.74, 6) is 0.797. The number of fused-ring (bicyclic) bond motifs is 1. The minimum atomic E-state index is -0.552. The highest BCUT2D eigenvalue weighted by Gasteiger charge is 2.33. The molecule has 0 aliphatic carbocycles. The number of anilines is 1. The Balaban J connectivity index is 1.08. The van der Waals surface area contributed by atoms with Gasteiger partial charge >= 0.3 is 6.09 Å². The molecular formula is C33H27N5O5. The highest BCUT2D eigenvalue weighted by atomic mass is 16.6. The molecule has 1 saturated heterocycles. The number of aromatic hydroxyl groups is 1. The molecule has 0 radical (unpaired) electrons. The predicted molar refractivity (Wildman–Crippen MR) is 160 cm³/mol. The lowest BCUT2D eigenvalue weighted by Gasteiger charge is -2.13. The molecule has 2 aromatic heterocycles. The van der Waals surface area contributed by atoms with E-state index in [1.807, 2.05) is 26.0 Å². The molecule has 2 N–H and O–H groups in total. The van der Waals surface area contributed by atoms with E-state index >= 15 is 0 Å². The summed E-state index contributed by atoms with van der Waals surface area (Å²) in [6, 6.07) is 23.0. The van der Waals surface area contributed by atoms with E-state index in [-0.39, 0.29) is 30.7 Å². The van der Waals surface area contributed by atoms with Gasteiger partial charge in [-0.25, -0.2) is 14.8 Å². The van der Waals surface area contributed by atoms with Crippen LogP contribution in [0.25, 0.3) is 33.7 Å². The van der Waals surface area contributed by atoms with Crippen LogP contribution in [0, 0.1) is 11.3 Å². The fourth-order valence-corrected chi connectivity index (χ4v) is 4.99. The number of carbonyl (C=O) groups excluding carboxylic acids is 2. The minimum absolute atomic E-state index is 0.128. The van der Waals surface area contributed by atoms with Crippen LogP contribution in [0.1, 0.15) is 41.3 Å². The number of nitrogens with zero attached hydrogens (tertiary/aromatic N) is 4. The van der Waals surface area contributed by atoms with Crippen molar-refractivity contribution in [3.8, 4) is 34.4 Å². The Morgan fingerprint density at radius 2 is 1.88 bits per heavy atom. The van der Waals surface area contributed by atoms with Crippen LogP contribution in [0.4, 0.5) is 10.6 Å². The number of cyclic esters (lactones) is 1. The number of aromatic nitrogens is 2. The topological polar surface area (TPSA) is 142 Å². The summed E-state index contributed by atoms with van der Waals surface area (Å²) >= 11 is 0. The number of phenolic OH excluding ortho intramolecular Hbond substituents is 1. The van der Waals surface area contributed by atoms with Gasteiger partial charge in [-0.05, 0) is 60.5 Å². The summed E-state index contributed by atoms with van der Waals surface area (Å²) in [7, 11) is 0. The molecule has 1 atom stereocenters. The van der Waals surface area contributed by atoms with Crippen molar-refractivity contribution in [1.29, 1.82) is 5.26 Å². The lowest BCUT2D eigenvalue weighted by atomic mass is 10.00. The van der Waals surface area contributed by atoms with Crippen LogP contribution in [0.3, 0.4) is 0 Å². The number of amides is 2. The fraction of sp³-hybridized carbons (Fsp3) is 0.182. The number of nitrogens with one attached hydrogen (secondary N) is 1. The molecular weight excluding hydrogens is 546 g/mol. The van der Waals surface area contributed by atoms with Crippen LogP contribution >= 0.6 is 0 Å². The Labute approximate surface area is 247 Å². The second kappa shape index (κ2) is 11.3. The molecule has 10 heteroatoms. The van der Waals surface area contributed by atoms with Crippen molar-refractivity contribution in [3.63, 3.8) is 0 Å². The fourth-order valence-electron chi connectivity index (χ4n) is 4.99. The van der Waals surface area contributed by atoms with Gasteiger partial charge in [-0.1, -0.05) is 32.0 Å². The van der Waals surface area contributed by atoms with Crippen molar-refractivity contribution in [2.24, 2.45) is 0 Å². The molecule has 5 aromatic rings. The predicted octanol–water partition coefficient (Wildman–Crippen LogP) is 6.01. The average Bonchev–Trinajstić information content (AvgIpc) is 3.63. The summed E-state index contributed by atoms with van der Waals surface area (Å²) in [5, 5.41) is 22.3. The summed E-state index contributed by atoms with van der Waals surface area (Å²) in [6.07, 6.45) is 0.486. The molecule has 3 heterocycles. The molecule has 1 aliphatic rings. The number of pyridine rings is 1. The molecule has 1 aliphatic heterocycles. The summed E-state index contributed by atoms with van der Waals surface area (Å²) in [4.78, 5) is 35.7. The third-order valence-corrected chi connectivity index (χ3v) is 7.27. The van der Waals surface area contributed by atoms with Gasteiger partial charge < -0.3 is 19.6 Å². The van der Waals surface area contributed by atoms with Crippen LogP contribution in [0.15, 0.2) is 83.4 Å². The number of hydrogen-bond donors (Lipinski definition) is 2. The van der Waals surface area contributed by atoms with Crippen LogP contribution in [-0.4, -0.2) is 46.3 Å². The van der Waals surface area contributed by atoms with Crippen molar-refractivity contribution in [3.05, 3.63) is 95.7 Å². The molecule has 0 bridgehead atoms. The zero-order chi connectivity index (χ0) is 30.1. The van der Waals surface area contributed by atoms with Gasteiger partial charge in [-0.15, -0.1) is 0 Å². The van der Waals surface area contributed by atoms with Gasteiger partial charge in [0.1, 0.15) is 23.2 Å². The molecule has 10 nitrogen and oxygen atoms in total. The van der Waals surface area contributed by atoms with E-state index in [0.717, 1.165) is 5.56 Å². The highest BCUT2D eigenvalue weighted by molar-refractivity contribution is 5.95. The van der Waals surface area contributed by atoms with E-state index in [2.05, 4.69) is 21.4 Å². The molecule has 43 heavy (non-hydrogen) atoms. The Morgan fingerprint density at radius 1 is 1.12 bits per heavy atom. The first-order valence-electron chi connectivity index (χ1n) is 13.8. The number of hydrogen-bond acceptors (Lipinski definition) is 8. The molecule has 3 aromatic carbocycles. The first-order chi connectivity index (χ1) is 20.8. The number of para-hydroxylation sites is 1. The maximum Gasteiger partial charge on any atom is 0.416 e. The van der Waals surface area contributed by atoms with Crippen LogP contribution in [0.2, 0.25) is 0 Å². The number of oxazole rings is 1. The number of carbonyl (C=O) groups is 2. The summed E-state index contributed by atoms with van der Waals surface area (Å²) in [6.45, 7) is 4.42. The molecule has 6 rings (SSSR count). The van der Waals surface area contributed by atoms with Crippen LogP contribution in [0.5, 0.6) is 5.75 Å². The Hall–Kier alpha value is -5.69. The first kappa shape index (κ1) is 27.5. The van der Waals surface area contributed by atoms with E-state index in [4.69, 9.17) is 9.15 Å². The smallest absolute Gasteiger partial charge is 0.416 e. The van der Waals surface area contributed by atoms with E-state index in [1.54, 1.807) is 66.9 Å². The van der Waals surface area contributed by atoms with Crippen molar-refractivity contribution in [1.82, 2.24) is 15.3 Å². The SMILES string of the molecule is CC(C)c1cc(C#N)cc2nc(-c3ccc(C(=O)NC[C@@H]4CN(c5ccc(-c6ccccc6O)cn5)C(=O)O4)cc3)oc12. The number of phenols is 1. The maximum absolute atomic E-state index is 12.8. The van der Waals surface area contributed by atoms with Crippen molar-refractivity contribution < 1.29 is 23.8 Å². The zero-order valence-electron chi connectivity index (χ0n) is 23.4. The quantitative estimate of drug-likeness (QED) is 0.241. The minimum Gasteiger partial charge on any atom is -0.507 e. The van der Waals surface area contributed by atoms with Gasteiger partial charge in [0.2, 0.25) is 5.89 Å². The van der Waals surface area contributed by atoms with Crippen molar-refractivity contribution >= 4 is 28.9 Å². The molecule has 1 fully saturated rings. The number of ether oxygens (including phenoxy) is 1. The first-order valence-corrected chi connectivity index (χ1v) is 13.8. The van der Waals surface area contributed by atoms with E-state index in [0.29, 0.717) is 50.6 Å². The van der Waals surface area contributed by atoms with Gasteiger partial charge in [0, 0.05) is 34.0 Å². The largest absolute Gasteiger partial charge is 0.507 e. The second-order valence-corrected chi connectivity index (χ2v) is 10.5. The summed E-state index contributed by atoms with van der Waals surface area (Å²) in [5.41, 5.74) is 5.18. The van der Waals surface area contributed by atoms with E-state index in [1.165, 1.54) is 4.90 Å². The van der Waals surface area contributed by atoms with Gasteiger partial charge in [-0.2, -0.15) is 5.26 Å². The van der Waals surface area contributed by atoms with Gasteiger partial charge in [0.05, 0.1) is 24.7 Å². The Kier molecular flexibility index (Phi) is 7.22. The van der Waals surface area contributed by atoms with Crippen molar-refractivity contribution in [2.45, 2.75) is 25.9 Å². The monoisotopic (exact) mass is 573 g/mol. The average molecular weight is 574 g/mol. The molecule has 0 spiro atoms. The Bertz CT molecular complexity index is 1870. The molecule has 2 amide bonds. The van der Waals surface area contributed by atoms with Crippen LogP contribution < -0.4 is 10.2 Å². The van der Waals surface area contributed by atoms with Gasteiger partial charge in [-0.3, -0.25) is 9.69 Å². The lowest BCUT2D eigenvalue weighted by Crippen LogP contribution is -2.34. The molecule has 0 saturated carbocycles. The third kappa shape index (κ3) is 5.48. The van der Waals surface area contributed by atoms with Gasteiger partial charge in [0.25, 0.3) is 5.91 Å². The standard InChI is InChI=1S/C33H27N5O5/c1-19(2)26-13-20(15-34)14-27-30(26)43-32(37-27)22-9-7-21(8-10-22)31(40)36-17-24-18-38(33(41)42-24)29-12-11-23(16-35-29)25-5-3-4-6-28(25)39/h3-14,16,19,24,39H,17-18H2,1-2H3,(H,36,40)/t24-/m1/s1. The summed E-state index contributed by atoms with van der Waals surface area (Å²) < 4.78 is 11.5. The molecule has 214 valence electrons. The van der Waals surface area contributed by atoms with E-state index in [9.17, 15) is 20.0 Å².